The van der Waals surface area contributed by atoms with Crippen LogP contribution >= 0.6 is 0 Å². The third-order valence-corrected chi connectivity index (χ3v) is 4.62. The van der Waals surface area contributed by atoms with Crippen molar-refractivity contribution in [1.82, 2.24) is 5.32 Å². The molecule has 0 aliphatic rings. The molecule has 5 nitrogen and oxygen atoms in total. The molecule has 0 radical (unpaired) electrons. The Hall–Kier alpha value is -3.67. The van der Waals surface area contributed by atoms with Crippen LogP contribution in [0.25, 0.3) is 0 Å². The molecule has 0 aliphatic carbocycles. The largest absolute Gasteiger partial charge is 0.376 e. The van der Waals surface area contributed by atoms with E-state index in [0.29, 0.717) is 11.1 Å². The lowest BCUT2D eigenvalue weighted by molar-refractivity contribution is -0.114. The normalized spacial score (nSPS) is 10.3. The van der Waals surface area contributed by atoms with Crippen molar-refractivity contribution in [3.63, 3.8) is 0 Å². The molecule has 3 N–H and O–H groups in total. The highest BCUT2D eigenvalue weighted by atomic mass is 19.1. The highest BCUT2D eigenvalue weighted by molar-refractivity contribution is 5.95. The van der Waals surface area contributed by atoms with Crippen LogP contribution in [0, 0.1) is 5.82 Å². The maximum absolute atomic E-state index is 13.6. The average molecular weight is 405 g/mol. The predicted octanol–water partition coefficient (Wildman–Crippen LogP) is 4.37. The Morgan fingerprint density at radius 3 is 2.40 bits per heavy atom. The van der Waals surface area contributed by atoms with Crippen molar-refractivity contribution in [1.29, 1.82) is 0 Å². The van der Waals surface area contributed by atoms with Crippen LogP contribution in [-0.4, -0.2) is 18.4 Å². The number of carbonyl (C=O) groups is 2. The van der Waals surface area contributed by atoms with Gasteiger partial charge in [0.1, 0.15) is 5.82 Å². The summed E-state index contributed by atoms with van der Waals surface area (Å²) in [6.07, 6.45) is 0.905. The summed E-state index contributed by atoms with van der Waals surface area (Å²) in [6, 6.07) is 20.8. The second kappa shape index (κ2) is 10.2. The number of hydrogen-bond acceptors (Lipinski definition) is 3. The van der Waals surface area contributed by atoms with E-state index in [4.69, 9.17) is 0 Å². The van der Waals surface area contributed by atoms with Crippen LogP contribution in [0.3, 0.4) is 0 Å². The zero-order valence-corrected chi connectivity index (χ0v) is 16.7. The van der Waals surface area contributed by atoms with Gasteiger partial charge in [-0.25, -0.2) is 4.39 Å². The summed E-state index contributed by atoms with van der Waals surface area (Å²) in [4.78, 5) is 24.4. The van der Waals surface area contributed by atoms with E-state index in [-0.39, 0.29) is 30.7 Å². The summed E-state index contributed by atoms with van der Waals surface area (Å²) in [7, 11) is 0. The number of nitrogens with one attached hydrogen (secondary N) is 3. The Balaban J connectivity index is 1.48. The molecule has 0 heterocycles. The molecule has 0 unspecified atom stereocenters. The molecule has 0 saturated heterocycles. The summed E-state index contributed by atoms with van der Waals surface area (Å²) in [5.74, 6) is -0.801. The minimum atomic E-state index is -0.350. The summed E-state index contributed by atoms with van der Waals surface area (Å²) in [6.45, 7) is 2.28. The molecule has 0 saturated carbocycles. The van der Waals surface area contributed by atoms with Gasteiger partial charge in [-0.2, -0.15) is 0 Å². The van der Waals surface area contributed by atoms with E-state index < -0.39 is 0 Å². The lowest BCUT2D eigenvalue weighted by atomic mass is 10.1. The van der Waals surface area contributed by atoms with Gasteiger partial charge < -0.3 is 16.0 Å². The molecule has 30 heavy (non-hydrogen) atoms. The first-order valence-corrected chi connectivity index (χ1v) is 9.79. The molecule has 0 bridgehead atoms. The molecule has 0 fully saturated rings. The smallest absolute Gasteiger partial charge is 0.251 e. The van der Waals surface area contributed by atoms with Crippen molar-refractivity contribution in [2.24, 2.45) is 0 Å². The van der Waals surface area contributed by atoms with Crippen molar-refractivity contribution in [2.45, 2.75) is 19.9 Å². The Morgan fingerprint density at radius 1 is 0.900 bits per heavy atom. The zero-order valence-electron chi connectivity index (χ0n) is 16.7. The monoisotopic (exact) mass is 405 g/mol. The van der Waals surface area contributed by atoms with E-state index in [1.165, 1.54) is 6.07 Å². The second-order valence-corrected chi connectivity index (χ2v) is 6.81. The summed E-state index contributed by atoms with van der Waals surface area (Å²) in [5, 5.41) is 8.59. The van der Waals surface area contributed by atoms with Gasteiger partial charge in [0.2, 0.25) is 5.91 Å². The van der Waals surface area contributed by atoms with Crippen LogP contribution in [0.2, 0.25) is 0 Å². The molecule has 0 aliphatic heterocycles. The maximum atomic E-state index is 13.6. The fourth-order valence-electron chi connectivity index (χ4n) is 2.92. The van der Waals surface area contributed by atoms with Crippen molar-refractivity contribution < 1.29 is 14.0 Å². The number of anilines is 2. The number of aryl methyl sites for hydroxylation is 1. The summed E-state index contributed by atoms with van der Waals surface area (Å²) < 4.78 is 13.6. The second-order valence-electron chi connectivity index (χ2n) is 6.81. The molecule has 154 valence electrons. The van der Waals surface area contributed by atoms with Crippen LogP contribution < -0.4 is 16.0 Å². The van der Waals surface area contributed by atoms with Crippen LogP contribution in [0.1, 0.15) is 28.4 Å². The van der Waals surface area contributed by atoms with E-state index in [0.717, 1.165) is 23.4 Å². The summed E-state index contributed by atoms with van der Waals surface area (Å²) >= 11 is 0. The van der Waals surface area contributed by atoms with E-state index in [2.05, 4.69) is 22.9 Å². The highest BCUT2D eigenvalue weighted by Gasteiger charge is 2.08. The third kappa shape index (κ3) is 5.91. The lowest BCUT2D eigenvalue weighted by Gasteiger charge is -2.10. The minimum absolute atomic E-state index is 0.106. The van der Waals surface area contributed by atoms with E-state index in [9.17, 15) is 14.0 Å². The average Bonchev–Trinajstić information content (AvgIpc) is 2.77. The van der Waals surface area contributed by atoms with Crippen molar-refractivity contribution in [3.8, 4) is 0 Å². The van der Waals surface area contributed by atoms with Gasteiger partial charge in [0.05, 0.1) is 6.54 Å². The Kier molecular flexibility index (Phi) is 7.16. The van der Waals surface area contributed by atoms with Crippen LogP contribution in [0.15, 0.2) is 72.8 Å². The molecule has 3 aromatic rings. The Morgan fingerprint density at radius 2 is 1.67 bits per heavy atom. The molecular weight excluding hydrogens is 381 g/mol. The highest BCUT2D eigenvalue weighted by Crippen LogP contribution is 2.13. The van der Waals surface area contributed by atoms with Crippen molar-refractivity contribution >= 4 is 23.2 Å². The Labute approximate surface area is 175 Å². The topological polar surface area (TPSA) is 70.2 Å². The van der Waals surface area contributed by atoms with E-state index in [1.807, 2.05) is 24.3 Å². The molecule has 0 atom stereocenters. The van der Waals surface area contributed by atoms with E-state index in [1.54, 1.807) is 42.5 Å². The quantitative estimate of drug-likeness (QED) is 0.521. The standard InChI is InChI=1S/C24H24FN3O2/c1-2-17-6-5-8-21(14-17)28-23(29)16-26-20-12-10-18(11-13-20)24(30)27-15-19-7-3-4-9-22(19)25/h3-14,26H,2,15-16H2,1H3,(H,27,30)(H,28,29). The van der Waals surface area contributed by atoms with Gasteiger partial charge in [0.15, 0.2) is 0 Å². The van der Waals surface area contributed by atoms with E-state index >= 15 is 0 Å². The first-order valence-electron chi connectivity index (χ1n) is 9.79. The SMILES string of the molecule is CCc1cccc(NC(=O)CNc2ccc(C(=O)NCc3ccccc3F)cc2)c1. The molecule has 6 heteroatoms. The van der Waals surface area contributed by atoms with Gasteiger partial charge in [-0.05, 0) is 54.4 Å². The number of hydrogen-bond donors (Lipinski definition) is 3. The molecule has 0 aromatic heterocycles. The van der Waals surface area contributed by atoms with Crippen LogP contribution in [-0.2, 0) is 17.8 Å². The van der Waals surface area contributed by atoms with Gasteiger partial charge in [0.25, 0.3) is 5.91 Å². The summed E-state index contributed by atoms with van der Waals surface area (Å²) in [5.41, 5.74) is 3.53. The molecule has 2 amide bonds. The first kappa shape index (κ1) is 21.0. The molecule has 0 spiro atoms. The van der Waals surface area contributed by atoms with Crippen molar-refractivity contribution in [3.05, 3.63) is 95.3 Å². The fraction of sp³-hybridized carbons (Fsp3) is 0.167. The maximum Gasteiger partial charge on any atom is 0.251 e. The van der Waals surface area contributed by atoms with Crippen LogP contribution in [0.4, 0.5) is 15.8 Å². The third-order valence-electron chi connectivity index (χ3n) is 4.62. The predicted molar refractivity (Wildman–Crippen MR) is 117 cm³/mol. The minimum Gasteiger partial charge on any atom is -0.376 e. The first-order chi connectivity index (χ1) is 14.5. The number of carbonyl (C=O) groups excluding carboxylic acids is 2. The van der Waals surface area contributed by atoms with Gasteiger partial charge in [0, 0.05) is 29.0 Å². The fourth-order valence-corrected chi connectivity index (χ4v) is 2.92. The molecule has 3 aromatic carbocycles. The number of halogens is 1. The van der Waals surface area contributed by atoms with Gasteiger partial charge in [-0.3, -0.25) is 9.59 Å². The molecule has 3 rings (SSSR count). The van der Waals surface area contributed by atoms with Gasteiger partial charge >= 0.3 is 0 Å². The lowest BCUT2D eigenvalue weighted by Crippen LogP contribution is -2.23. The number of rotatable bonds is 8. The Bertz CT molecular complexity index is 1020. The van der Waals surface area contributed by atoms with Crippen molar-refractivity contribution in [2.75, 3.05) is 17.2 Å². The van der Waals surface area contributed by atoms with Gasteiger partial charge in [-0.15, -0.1) is 0 Å². The molecular formula is C24H24FN3O2. The van der Waals surface area contributed by atoms with Gasteiger partial charge in [-0.1, -0.05) is 37.3 Å². The number of amides is 2. The number of benzene rings is 3. The zero-order chi connectivity index (χ0) is 21.3. The van der Waals surface area contributed by atoms with Crippen LogP contribution in [0.5, 0.6) is 0 Å².